The lowest BCUT2D eigenvalue weighted by Crippen LogP contribution is -2.37. The molecule has 6 heteroatoms. The largest absolute Gasteiger partial charge is 0.389 e. The lowest BCUT2D eigenvalue weighted by Gasteiger charge is -2.26. The molecule has 1 aromatic carbocycles. The molecule has 0 unspecified atom stereocenters. The summed E-state index contributed by atoms with van der Waals surface area (Å²) in [5.74, 6) is 0.0377. The van der Waals surface area contributed by atoms with Gasteiger partial charge >= 0.3 is 0 Å². The Labute approximate surface area is 127 Å². The van der Waals surface area contributed by atoms with Gasteiger partial charge in [-0.05, 0) is 25.1 Å². The molecule has 0 spiro atoms. The molecule has 0 fully saturated rings. The van der Waals surface area contributed by atoms with Crippen molar-refractivity contribution in [3.8, 4) is 0 Å². The van der Waals surface area contributed by atoms with Crippen molar-refractivity contribution in [2.45, 2.75) is 6.92 Å². The summed E-state index contributed by atoms with van der Waals surface area (Å²) >= 11 is 8.50. The van der Waals surface area contributed by atoms with Crippen molar-refractivity contribution in [1.29, 1.82) is 0 Å². The molecule has 2 N–H and O–H groups in total. The predicted octanol–water partition coefficient (Wildman–Crippen LogP) is 2.00. The Morgan fingerprint density at radius 2 is 2.05 bits per heavy atom. The van der Waals surface area contributed by atoms with E-state index in [1.807, 2.05) is 30.0 Å². The van der Waals surface area contributed by atoms with Gasteiger partial charge in [-0.2, -0.15) is 0 Å². The summed E-state index contributed by atoms with van der Waals surface area (Å²) in [7, 11) is 3.48. The van der Waals surface area contributed by atoms with Crippen molar-refractivity contribution < 1.29 is 4.79 Å². The van der Waals surface area contributed by atoms with E-state index in [1.165, 1.54) is 0 Å². The Balaban J connectivity index is 3.13. The van der Waals surface area contributed by atoms with Gasteiger partial charge in [0.2, 0.25) is 5.91 Å². The van der Waals surface area contributed by atoms with Gasteiger partial charge in [0.1, 0.15) is 4.99 Å². The molecule has 0 saturated heterocycles. The fourth-order valence-corrected chi connectivity index (χ4v) is 2.17. The van der Waals surface area contributed by atoms with Gasteiger partial charge in [-0.1, -0.05) is 28.1 Å². The zero-order chi connectivity index (χ0) is 14.6. The van der Waals surface area contributed by atoms with E-state index in [4.69, 9.17) is 18.0 Å². The summed E-state index contributed by atoms with van der Waals surface area (Å²) in [5.41, 5.74) is 7.40. The third kappa shape index (κ3) is 4.18. The van der Waals surface area contributed by atoms with Crippen LogP contribution in [0.3, 0.4) is 0 Å². The minimum absolute atomic E-state index is 0.0377. The first kappa shape index (κ1) is 15.9. The standard InChI is InChI=1S/C13H18BrN3OS/c1-4-17(8-12(18)16(2)3)11-7-9(14)5-6-10(11)13(15)19/h5-7H,4,8H2,1-3H3,(H2,15,19). The van der Waals surface area contributed by atoms with Gasteiger partial charge in [0.05, 0.1) is 6.54 Å². The molecule has 0 aliphatic heterocycles. The van der Waals surface area contributed by atoms with Gasteiger partial charge in [-0.3, -0.25) is 4.79 Å². The van der Waals surface area contributed by atoms with Crippen LogP contribution in [-0.2, 0) is 4.79 Å². The van der Waals surface area contributed by atoms with E-state index in [1.54, 1.807) is 19.0 Å². The molecule has 0 aliphatic rings. The first-order chi connectivity index (χ1) is 8.86. The fourth-order valence-electron chi connectivity index (χ4n) is 1.65. The minimum atomic E-state index is 0.0377. The van der Waals surface area contributed by atoms with E-state index >= 15 is 0 Å². The number of benzene rings is 1. The van der Waals surface area contributed by atoms with Crippen molar-refractivity contribution in [2.75, 3.05) is 32.1 Å². The maximum Gasteiger partial charge on any atom is 0.241 e. The van der Waals surface area contributed by atoms with Crippen LogP contribution in [0.1, 0.15) is 12.5 Å². The third-order valence-electron chi connectivity index (χ3n) is 2.77. The molecule has 0 aromatic heterocycles. The van der Waals surface area contributed by atoms with Crippen molar-refractivity contribution in [3.63, 3.8) is 0 Å². The first-order valence-electron chi connectivity index (χ1n) is 5.91. The van der Waals surface area contributed by atoms with E-state index in [2.05, 4.69) is 15.9 Å². The number of hydrogen-bond acceptors (Lipinski definition) is 3. The molecule has 0 saturated carbocycles. The average molecular weight is 344 g/mol. The van der Waals surface area contributed by atoms with Gasteiger partial charge in [0.15, 0.2) is 0 Å². The number of anilines is 1. The van der Waals surface area contributed by atoms with Crippen LogP contribution in [0.25, 0.3) is 0 Å². The van der Waals surface area contributed by atoms with Crippen molar-refractivity contribution in [2.24, 2.45) is 5.73 Å². The molecule has 1 rings (SSSR count). The van der Waals surface area contributed by atoms with Gasteiger partial charge in [0.25, 0.3) is 0 Å². The Hall–Kier alpha value is -1.14. The molecule has 4 nitrogen and oxygen atoms in total. The molecule has 0 aliphatic carbocycles. The highest BCUT2D eigenvalue weighted by Crippen LogP contribution is 2.25. The Morgan fingerprint density at radius 1 is 1.42 bits per heavy atom. The number of amides is 1. The number of nitrogens with two attached hydrogens (primary N) is 1. The fraction of sp³-hybridized carbons (Fsp3) is 0.385. The second kappa shape index (κ2) is 6.86. The number of carbonyl (C=O) groups excluding carboxylic acids is 1. The summed E-state index contributed by atoms with van der Waals surface area (Å²) in [6, 6.07) is 5.69. The van der Waals surface area contributed by atoms with Crippen LogP contribution in [0, 0.1) is 0 Å². The van der Waals surface area contributed by atoms with Crippen LogP contribution < -0.4 is 10.6 Å². The van der Waals surface area contributed by atoms with Crippen molar-refractivity contribution >= 4 is 44.7 Å². The van der Waals surface area contributed by atoms with E-state index in [0.29, 0.717) is 18.1 Å². The normalized spacial score (nSPS) is 10.1. The third-order valence-corrected chi connectivity index (χ3v) is 3.49. The summed E-state index contributed by atoms with van der Waals surface area (Å²) in [6.07, 6.45) is 0. The second-order valence-corrected chi connectivity index (χ2v) is 5.68. The van der Waals surface area contributed by atoms with Crippen LogP contribution >= 0.6 is 28.1 Å². The van der Waals surface area contributed by atoms with Crippen LogP contribution in [0.5, 0.6) is 0 Å². The highest BCUT2D eigenvalue weighted by molar-refractivity contribution is 9.10. The molecule has 19 heavy (non-hydrogen) atoms. The smallest absolute Gasteiger partial charge is 0.241 e. The second-order valence-electron chi connectivity index (χ2n) is 4.33. The average Bonchev–Trinajstić information content (AvgIpc) is 2.34. The van der Waals surface area contributed by atoms with Gasteiger partial charge in [-0.25, -0.2) is 0 Å². The highest BCUT2D eigenvalue weighted by atomic mass is 79.9. The van der Waals surface area contributed by atoms with Gasteiger partial charge < -0.3 is 15.5 Å². The zero-order valence-electron chi connectivity index (χ0n) is 11.3. The lowest BCUT2D eigenvalue weighted by molar-refractivity contribution is -0.127. The number of rotatable bonds is 5. The van der Waals surface area contributed by atoms with Crippen molar-refractivity contribution in [3.05, 3.63) is 28.2 Å². The minimum Gasteiger partial charge on any atom is -0.389 e. The first-order valence-corrected chi connectivity index (χ1v) is 7.11. The number of carbonyl (C=O) groups is 1. The van der Waals surface area contributed by atoms with Crippen LogP contribution in [0.15, 0.2) is 22.7 Å². The Kier molecular flexibility index (Phi) is 5.75. The lowest BCUT2D eigenvalue weighted by atomic mass is 10.1. The topological polar surface area (TPSA) is 49.6 Å². The van der Waals surface area contributed by atoms with Crippen LogP contribution in [-0.4, -0.2) is 43.0 Å². The summed E-state index contributed by atoms with van der Waals surface area (Å²) < 4.78 is 0.929. The Morgan fingerprint density at radius 3 is 2.53 bits per heavy atom. The maximum atomic E-state index is 11.9. The number of halogens is 1. The number of hydrogen-bond donors (Lipinski definition) is 1. The van der Waals surface area contributed by atoms with Crippen molar-refractivity contribution in [1.82, 2.24) is 4.90 Å². The molecule has 0 bridgehead atoms. The van der Waals surface area contributed by atoms with E-state index in [9.17, 15) is 4.79 Å². The summed E-state index contributed by atoms with van der Waals surface area (Å²) in [5, 5.41) is 0. The number of nitrogens with zero attached hydrogens (tertiary/aromatic N) is 2. The molecular formula is C13H18BrN3OS. The molecule has 104 valence electrons. The molecular weight excluding hydrogens is 326 g/mol. The van der Waals surface area contributed by atoms with E-state index < -0.39 is 0 Å². The molecule has 1 aromatic rings. The van der Waals surface area contributed by atoms with Crippen LogP contribution in [0.4, 0.5) is 5.69 Å². The van der Waals surface area contributed by atoms with E-state index in [0.717, 1.165) is 15.7 Å². The number of thiocarbonyl (C=S) groups is 1. The Bertz CT molecular complexity index is 491. The quantitative estimate of drug-likeness (QED) is 0.830. The van der Waals surface area contributed by atoms with Gasteiger partial charge in [-0.15, -0.1) is 0 Å². The molecule has 0 radical (unpaired) electrons. The summed E-state index contributed by atoms with van der Waals surface area (Å²) in [4.78, 5) is 15.7. The highest BCUT2D eigenvalue weighted by Gasteiger charge is 2.16. The molecule has 1 amide bonds. The van der Waals surface area contributed by atoms with E-state index in [-0.39, 0.29) is 5.91 Å². The zero-order valence-corrected chi connectivity index (χ0v) is 13.7. The SMILES string of the molecule is CCN(CC(=O)N(C)C)c1cc(Br)ccc1C(N)=S. The number of likely N-dealkylation sites (N-methyl/N-ethyl adjacent to an activating group) is 2. The maximum absolute atomic E-state index is 11.9. The molecule has 0 heterocycles. The molecule has 0 atom stereocenters. The predicted molar refractivity (Wildman–Crippen MR) is 86.6 cm³/mol. The van der Waals surface area contributed by atoms with Crippen LogP contribution in [0.2, 0.25) is 0 Å². The summed E-state index contributed by atoms with van der Waals surface area (Å²) in [6.45, 7) is 2.99. The van der Waals surface area contributed by atoms with Gasteiger partial charge in [0, 0.05) is 36.4 Å². The monoisotopic (exact) mass is 343 g/mol.